The number of amides is 1. The number of nitrogens with one attached hydrogen (secondary N) is 1. The lowest BCUT2D eigenvalue weighted by Gasteiger charge is -2.20. The predicted molar refractivity (Wildman–Crippen MR) is 131 cm³/mol. The minimum atomic E-state index is 0.0814. The van der Waals surface area contributed by atoms with Crippen molar-refractivity contribution in [2.24, 2.45) is 0 Å². The van der Waals surface area contributed by atoms with Gasteiger partial charge in [0.25, 0.3) is 5.91 Å². The van der Waals surface area contributed by atoms with Gasteiger partial charge in [0.15, 0.2) is 0 Å². The maximum atomic E-state index is 12.9. The highest BCUT2D eigenvalue weighted by molar-refractivity contribution is 5.94. The van der Waals surface area contributed by atoms with Crippen molar-refractivity contribution in [3.63, 3.8) is 0 Å². The summed E-state index contributed by atoms with van der Waals surface area (Å²) in [4.78, 5) is 30.6. The number of rotatable bonds is 7. The molecule has 2 aromatic heterocycles. The van der Waals surface area contributed by atoms with Gasteiger partial charge in [0, 0.05) is 49.0 Å². The molecule has 174 valence electrons. The highest BCUT2D eigenvalue weighted by Crippen LogP contribution is 2.24. The molecule has 33 heavy (non-hydrogen) atoms. The van der Waals surface area contributed by atoms with Crippen LogP contribution in [0.5, 0.6) is 0 Å². The summed E-state index contributed by atoms with van der Waals surface area (Å²) in [6.07, 6.45) is 4.64. The van der Waals surface area contributed by atoms with Crippen LogP contribution in [0.2, 0.25) is 0 Å². The van der Waals surface area contributed by atoms with Gasteiger partial charge in [-0.3, -0.25) is 4.79 Å². The molecule has 0 unspecified atom stereocenters. The molecule has 0 radical (unpaired) electrons. The van der Waals surface area contributed by atoms with Crippen LogP contribution in [0, 0.1) is 0 Å². The first-order valence-electron chi connectivity index (χ1n) is 11.6. The van der Waals surface area contributed by atoms with Crippen LogP contribution in [0.3, 0.4) is 0 Å². The molecule has 1 amide bonds. The van der Waals surface area contributed by atoms with Gasteiger partial charge >= 0.3 is 0 Å². The topological polar surface area (TPSA) is 79.2 Å². The number of imidazole rings is 1. The first-order valence-corrected chi connectivity index (χ1v) is 11.6. The summed E-state index contributed by atoms with van der Waals surface area (Å²) in [6.45, 7) is 8.81. The molecule has 3 heterocycles. The van der Waals surface area contributed by atoms with E-state index in [0.717, 1.165) is 49.0 Å². The van der Waals surface area contributed by atoms with Crippen LogP contribution in [-0.4, -0.2) is 68.5 Å². The fourth-order valence-electron chi connectivity index (χ4n) is 4.30. The fourth-order valence-corrected chi connectivity index (χ4v) is 4.30. The average Bonchev–Trinajstić information content (AvgIpc) is 3.47. The smallest absolute Gasteiger partial charge is 0.253 e. The molecule has 0 spiro atoms. The summed E-state index contributed by atoms with van der Waals surface area (Å²) in [5, 5.41) is 3.26. The van der Waals surface area contributed by atoms with E-state index < -0.39 is 0 Å². The van der Waals surface area contributed by atoms with E-state index in [2.05, 4.69) is 59.6 Å². The molecule has 1 aliphatic rings. The minimum Gasteiger partial charge on any atom is -0.337 e. The van der Waals surface area contributed by atoms with Crippen molar-refractivity contribution in [3.05, 3.63) is 54.1 Å². The quantitative estimate of drug-likeness (QED) is 0.590. The Kier molecular flexibility index (Phi) is 6.74. The van der Waals surface area contributed by atoms with E-state index in [0.29, 0.717) is 23.5 Å². The normalized spacial score (nSPS) is 16.1. The Morgan fingerprint density at radius 3 is 2.58 bits per heavy atom. The van der Waals surface area contributed by atoms with E-state index in [4.69, 9.17) is 4.98 Å². The van der Waals surface area contributed by atoms with Gasteiger partial charge in [-0.1, -0.05) is 13.8 Å². The van der Waals surface area contributed by atoms with E-state index in [1.54, 1.807) is 6.20 Å². The third kappa shape index (κ3) is 4.90. The maximum absolute atomic E-state index is 12.9. The van der Waals surface area contributed by atoms with Crippen molar-refractivity contribution in [2.75, 3.05) is 32.5 Å². The van der Waals surface area contributed by atoms with Crippen LogP contribution < -0.4 is 5.32 Å². The summed E-state index contributed by atoms with van der Waals surface area (Å²) in [5.74, 6) is 1.98. The summed E-state index contributed by atoms with van der Waals surface area (Å²) < 4.78 is 2.19. The van der Waals surface area contributed by atoms with Crippen molar-refractivity contribution < 1.29 is 4.79 Å². The fraction of sp³-hybridized carbons (Fsp3) is 0.440. The van der Waals surface area contributed by atoms with Crippen LogP contribution in [0.4, 0.5) is 11.6 Å². The molecule has 4 rings (SSSR count). The highest BCUT2D eigenvalue weighted by atomic mass is 16.2. The van der Waals surface area contributed by atoms with Crippen LogP contribution in [0.15, 0.2) is 42.7 Å². The molecule has 1 saturated heterocycles. The third-order valence-electron chi connectivity index (χ3n) is 6.21. The molecule has 1 aromatic carbocycles. The third-order valence-corrected chi connectivity index (χ3v) is 6.21. The second-order valence-electron chi connectivity index (χ2n) is 9.03. The van der Waals surface area contributed by atoms with Crippen molar-refractivity contribution in [1.29, 1.82) is 0 Å². The van der Waals surface area contributed by atoms with Crippen LogP contribution in [0.1, 0.15) is 49.3 Å². The van der Waals surface area contributed by atoms with Crippen molar-refractivity contribution in [3.8, 4) is 11.4 Å². The van der Waals surface area contributed by atoms with E-state index in [-0.39, 0.29) is 5.91 Å². The Hall–Kier alpha value is -3.26. The molecule has 0 saturated carbocycles. The summed E-state index contributed by atoms with van der Waals surface area (Å²) in [6, 6.07) is 9.85. The number of likely N-dealkylation sites (N-methyl/N-ethyl adjacent to an activating group) is 1. The van der Waals surface area contributed by atoms with Gasteiger partial charge in [0.2, 0.25) is 5.95 Å². The van der Waals surface area contributed by atoms with Gasteiger partial charge < -0.3 is 19.7 Å². The zero-order valence-corrected chi connectivity index (χ0v) is 20.1. The molecule has 1 fully saturated rings. The van der Waals surface area contributed by atoms with Gasteiger partial charge in [-0.05, 0) is 57.8 Å². The lowest BCUT2D eigenvalue weighted by Crippen LogP contribution is -2.34. The molecule has 1 N–H and O–H groups in total. The molecule has 0 aliphatic carbocycles. The molecular formula is C25H33N7O. The summed E-state index contributed by atoms with van der Waals surface area (Å²) >= 11 is 0. The number of carbonyl (C=O) groups excluding carboxylic acids is 1. The number of hydrogen-bond acceptors (Lipinski definition) is 6. The SMILES string of the molecule is CCn1c(-c2ccnc(Nc3ccc(C(=O)N4CC[C@@H](N(C)C)C4)cc3)n2)cnc1C(C)C. The van der Waals surface area contributed by atoms with E-state index >= 15 is 0 Å². The molecule has 3 aromatic rings. The molecule has 1 atom stereocenters. The Bertz CT molecular complexity index is 1100. The average molecular weight is 448 g/mol. The van der Waals surface area contributed by atoms with Crippen molar-refractivity contribution in [2.45, 2.75) is 45.7 Å². The van der Waals surface area contributed by atoms with E-state index in [1.807, 2.05) is 41.4 Å². The van der Waals surface area contributed by atoms with Crippen LogP contribution in [0.25, 0.3) is 11.4 Å². The molecule has 8 heteroatoms. The second-order valence-corrected chi connectivity index (χ2v) is 9.03. The minimum absolute atomic E-state index is 0.0814. The first kappa shape index (κ1) is 22.9. The molecule has 0 bridgehead atoms. The molecule has 1 aliphatic heterocycles. The van der Waals surface area contributed by atoms with Crippen LogP contribution >= 0.6 is 0 Å². The van der Waals surface area contributed by atoms with Gasteiger partial charge in [0.05, 0.1) is 17.6 Å². The largest absolute Gasteiger partial charge is 0.337 e. The highest BCUT2D eigenvalue weighted by Gasteiger charge is 2.28. The number of nitrogens with zero attached hydrogens (tertiary/aromatic N) is 6. The monoisotopic (exact) mass is 447 g/mol. The zero-order chi connectivity index (χ0) is 23.5. The standard InChI is InChI=1S/C25H33N7O/c1-6-32-22(15-27-23(32)17(2)3)21-11-13-26-25(29-21)28-19-9-7-18(8-10-19)24(33)31-14-12-20(16-31)30(4)5/h7-11,13,15,17,20H,6,12,14,16H2,1-5H3,(H,26,28,29)/t20-/m1/s1. The van der Waals surface area contributed by atoms with E-state index in [1.165, 1.54) is 0 Å². The Labute approximate surface area is 195 Å². The first-order chi connectivity index (χ1) is 15.9. The number of carbonyl (C=O) groups is 1. The number of aromatic nitrogens is 4. The van der Waals surface area contributed by atoms with Gasteiger partial charge in [0.1, 0.15) is 5.82 Å². The number of anilines is 2. The molecule has 8 nitrogen and oxygen atoms in total. The van der Waals surface area contributed by atoms with Gasteiger partial charge in [-0.15, -0.1) is 0 Å². The number of benzene rings is 1. The number of hydrogen-bond donors (Lipinski definition) is 1. The Morgan fingerprint density at radius 1 is 1.18 bits per heavy atom. The van der Waals surface area contributed by atoms with Gasteiger partial charge in [-0.2, -0.15) is 0 Å². The van der Waals surface area contributed by atoms with Gasteiger partial charge in [-0.25, -0.2) is 15.0 Å². The number of likely N-dealkylation sites (tertiary alicyclic amines) is 1. The Balaban J connectivity index is 1.47. The Morgan fingerprint density at radius 2 is 1.94 bits per heavy atom. The van der Waals surface area contributed by atoms with Crippen molar-refractivity contribution >= 4 is 17.5 Å². The summed E-state index contributed by atoms with van der Waals surface area (Å²) in [7, 11) is 4.13. The predicted octanol–water partition coefficient (Wildman–Crippen LogP) is 4.00. The maximum Gasteiger partial charge on any atom is 0.253 e. The second kappa shape index (κ2) is 9.70. The van der Waals surface area contributed by atoms with Crippen LogP contribution in [-0.2, 0) is 6.54 Å². The molecular weight excluding hydrogens is 414 g/mol. The zero-order valence-electron chi connectivity index (χ0n) is 20.1. The lowest BCUT2D eigenvalue weighted by atomic mass is 10.2. The summed E-state index contributed by atoms with van der Waals surface area (Å²) in [5.41, 5.74) is 3.34. The van der Waals surface area contributed by atoms with E-state index in [9.17, 15) is 4.79 Å². The lowest BCUT2D eigenvalue weighted by molar-refractivity contribution is 0.0783. The van der Waals surface area contributed by atoms with Crippen molar-refractivity contribution in [1.82, 2.24) is 29.3 Å².